The summed E-state index contributed by atoms with van der Waals surface area (Å²) >= 11 is 1.30. The van der Waals surface area contributed by atoms with Crippen molar-refractivity contribution in [3.63, 3.8) is 0 Å². The van der Waals surface area contributed by atoms with Gasteiger partial charge in [-0.05, 0) is 24.4 Å². The van der Waals surface area contributed by atoms with Crippen LogP contribution < -0.4 is 16.4 Å². The van der Waals surface area contributed by atoms with E-state index in [-0.39, 0.29) is 17.9 Å². The number of para-hydroxylation sites is 1. The number of hydrogen-bond donors (Lipinski definition) is 3. The van der Waals surface area contributed by atoms with Crippen LogP contribution in [-0.4, -0.2) is 33.9 Å². The van der Waals surface area contributed by atoms with Crippen LogP contribution in [0.15, 0.2) is 44.9 Å². The Labute approximate surface area is 168 Å². The van der Waals surface area contributed by atoms with Gasteiger partial charge in [0.1, 0.15) is 16.1 Å². The summed E-state index contributed by atoms with van der Waals surface area (Å²) in [5, 5.41) is 2.61. The Kier molecular flexibility index (Phi) is 4.77. The predicted molar refractivity (Wildman–Crippen MR) is 109 cm³/mol. The molecule has 3 N–H and O–H groups in total. The molecule has 148 valence electrons. The fourth-order valence-electron chi connectivity index (χ4n) is 2.95. The SMILES string of the molecule is Cc1c(C(=O)NNC(=O)N(C)Cc2nc3ccsc3c(=O)[nH]2)oc2ccccc12. The van der Waals surface area contributed by atoms with Gasteiger partial charge in [-0.2, -0.15) is 0 Å². The number of nitrogens with one attached hydrogen (secondary N) is 3. The third kappa shape index (κ3) is 3.57. The van der Waals surface area contributed by atoms with Gasteiger partial charge in [0.2, 0.25) is 0 Å². The topological polar surface area (TPSA) is 120 Å². The van der Waals surface area contributed by atoms with Crippen molar-refractivity contribution in [2.75, 3.05) is 7.05 Å². The molecule has 0 radical (unpaired) electrons. The maximum absolute atomic E-state index is 12.4. The van der Waals surface area contributed by atoms with Crippen molar-refractivity contribution in [1.29, 1.82) is 0 Å². The van der Waals surface area contributed by atoms with Crippen LogP contribution in [0, 0.1) is 6.92 Å². The van der Waals surface area contributed by atoms with E-state index in [2.05, 4.69) is 20.8 Å². The van der Waals surface area contributed by atoms with Crippen LogP contribution in [0.3, 0.4) is 0 Å². The summed E-state index contributed by atoms with van der Waals surface area (Å²) in [7, 11) is 1.52. The summed E-state index contributed by atoms with van der Waals surface area (Å²) in [6, 6.07) is 8.47. The number of aromatic amines is 1. The molecule has 29 heavy (non-hydrogen) atoms. The molecule has 4 aromatic rings. The van der Waals surface area contributed by atoms with E-state index < -0.39 is 11.9 Å². The number of fused-ring (bicyclic) bond motifs is 2. The molecule has 0 atom stereocenters. The smallest absolute Gasteiger partial charge is 0.336 e. The number of thiophene rings is 1. The van der Waals surface area contributed by atoms with Crippen molar-refractivity contribution in [2.24, 2.45) is 0 Å². The lowest BCUT2D eigenvalue weighted by Crippen LogP contribution is -2.47. The molecule has 9 nitrogen and oxygen atoms in total. The number of carbonyl (C=O) groups is 2. The van der Waals surface area contributed by atoms with E-state index in [1.807, 2.05) is 18.2 Å². The Balaban J connectivity index is 1.41. The second-order valence-corrected chi connectivity index (χ2v) is 7.36. The van der Waals surface area contributed by atoms with Gasteiger partial charge in [0.25, 0.3) is 5.56 Å². The second-order valence-electron chi connectivity index (χ2n) is 6.44. The van der Waals surface area contributed by atoms with Crippen molar-refractivity contribution in [2.45, 2.75) is 13.5 Å². The minimum absolute atomic E-state index is 0.0619. The van der Waals surface area contributed by atoms with Gasteiger partial charge < -0.3 is 14.3 Å². The summed E-state index contributed by atoms with van der Waals surface area (Å²) < 4.78 is 6.11. The Morgan fingerprint density at radius 2 is 2.03 bits per heavy atom. The Morgan fingerprint density at radius 3 is 2.83 bits per heavy atom. The number of urea groups is 1. The highest BCUT2D eigenvalue weighted by Gasteiger charge is 2.19. The fraction of sp³-hybridized carbons (Fsp3) is 0.158. The van der Waals surface area contributed by atoms with Crippen LogP contribution in [0.1, 0.15) is 21.9 Å². The maximum Gasteiger partial charge on any atom is 0.336 e. The Hall–Kier alpha value is -3.66. The molecule has 0 bridgehead atoms. The molecule has 0 aliphatic carbocycles. The third-order valence-electron chi connectivity index (χ3n) is 4.43. The molecular formula is C19H17N5O4S. The first-order chi connectivity index (χ1) is 13.9. The molecule has 3 amide bonds. The second kappa shape index (κ2) is 7.40. The van der Waals surface area contributed by atoms with Crippen molar-refractivity contribution in [3.8, 4) is 0 Å². The number of aromatic nitrogens is 2. The van der Waals surface area contributed by atoms with Crippen molar-refractivity contribution in [1.82, 2.24) is 25.7 Å². The van der Waals surface area contributed by atoms with Crippen LogP contribution >= 0.6 is 11.3 Å². The van der Waals surface area contributed by atoms with E-state index in [0.29, 0.717) is 27.2 Å². The van der Waals surface area contributed by atoms with Gasteiger partial charge in [0.15, 0.2) is 5.76 Å². The minimum Gasteiger partial charge on any atom is -0.451 e. The Bertz CT molecular complexity index is 1290. The number of rotatable bonds is 3. The van der Waals surface area contributed by atoms with Gasteiger partial charge in [-0.25, -0.2) is 15.2 Å². The zero-order valence-corrected chi connectivity index (χ0v) is 16.4. The highest BCUT2D eigenvalue weighted by molar-refractivity contribution is 7.17. The highest BCUT2D eigenvalue weighted by atomic mass is 32.1. The van der Waals surface area contributed by atoms with E-state index in [1.54, 1.807) is 24.4 Å². The molecule has 10 heteroatoms. The average Bonchev–Trinajstić information content (AvgIpc) is 3.31. The molecule has 3 heterocycles. The summed E-state index contributed by atoms with van der Waals surface area (Å²) in [4.78, 5) is 45.0. The molecule has 3 aromatic heterocycles. The molecule has 0 saturated carbocycles. The van der Waals surface area contributed by atoms with Gasteiger partial charge in [0.05, 0.1) is 12.1 Å². The van der Waals surface area contributed by atoms with Gasteiger partial charge >= 0.3 is 11.9 Å². The average molecular weight is 411 g/mol. The van der Waals surface area contributed by atoms with Gasteiger partial charge in [-0.1, -0.05) is 18.2 Å². The van der Waals surface area contributed by atoms with Crippen LogP contribution in [0.4, 0.5) is 4.79 Å². The number of amides is 3. The summed E-state index contributed by atoms with van der Waals surface area (Å²) in [6.07, 6.45) is 0. The van der Waals surface area contributed by atoms with Gasteiger partial charge in [0, 0.05) is 18.0 Å². The zero-order chi connectivity index (χ0) is 20.5. The van der Waals surface area contributed by atoms with Crippen LogP contribution in [0.25, 0.3) is 21.2 Å². The van der Waals surface area contributed by atoms with Crippen LogP contribution in [-0.2, 0) is 6.54 Å². The molecule has 0 spiro atoms. The lowest BCUT2D eigenvalue weighted by molar-refractivity contribution is 0.0904. The minimum atomic E-state index is -0.569. The lowest BCUT2D eigenvalue weighted by Gasteiger charge is -2.17. The lowest BCUT2D eigenvalue weighted by atomic mass is 10.1. The molecular weight excluding hydrogens is 394 g/mol. The molecule has 0 unspecified atom stereocenters. The normalized spacial score (nSPS) is 11.0. The quantitative estimate of drug-likeness (QED) is 0.448. The van der Waals surface area contributed by atoms with Crippen molar-refractivity contribution >= 4 is 44.5 Å². The summed E-state index contributed by atoms with van der Waals surface area (Å²) in [5.41, 5.74) is 6.28. The van der Waals surface area contributed by atoms with Gasteiger partial charge in [-0.3, -0.25) is 15.0 Å². The summed E-state index contributed by atoms with van der Waals surface area (Å²) in [5.74, 6) is -0.0901. The van der Waals surface area contributed by atoms with Crippen molar-refractivity contribution in [3.05, 3.63) is 63.2 Å². The molecule has 0 fully saturated rings. The molecule has 0 saturated heterocycles. The van der Waals surface area contributed by atoms with Crippen LogP contribution in [0.2, 0.25) is 0 Å². The monoisotopic (exact) mass is 411 g/mol. The first kappa shape index (κ1) is 18.7. The Morgan fingerprint density at radius 1 is 1.24 bits per heavy atom. The van der Waals surface area contributed by atoms with E-state index in [9.17, 15) is 14.4 Å². The fourth-order valence-corrected chi connectivity index (χ4v) is 3.67. The predicted octanol–water partition coefficient (Wildman–Crippen LogP) is 2.53. The van der Waals surface area contributed by atoms with Crippen molar-refractivity contribution < 1.29 is 14.0 Å². The van der Waals surface area contributed by atoms with E-state index >= 15 is 0 Å². The molecule has 1 aromatic carbocycles. The first-order valence-corrected chi connectivity index (χ1v) is 9.58. The number of furan rings is 1. The number of H-pyrrole nitrogens is 1. The highest BCUT2D eigenvalue weighted by Crippen LogP contribution is 2.24. The number of nitrogens with zero attached hydrogens (tertiary/aromatic N) is 2. The summed E-state index contributed by atoms with van der Waals surface area (Å²) in [6.45, 7) is 1.84. The zero-order valence-electron chi connectivity index (χ0n) is 15.6. The number of hydrazine groups is 1. The third-order valence-corrected chi connectivity index (χ3v) is 5.33. The van der Waals surface area contributed by atoms with E-state index in [0.717, 1.165) is 5.39 Å². The number of benzene rings is 1. The van der Waals surface area contributed by atoms with E-state index in [1.165, 1.54) is 23.3 Å². The number of hydrogen-bond acceptors (Lipinski definition) is 6. The number of carbonyl (C=O) groups excluding carboxylic acids is 2. The molecule has 0 aliphatic heterocycles. The molecule has 0 aliphatic rings. The standard InChI is InChI=1S/C19H17N5O4S/c1-10-11-5-3-4-6-13(11)28-15(10)17(25)22-23-19(27)24(2)9-14-20-12-7-8-29-16(12)18(26)21-14/h3-8H,9H2,1-2H3,(H,22,25)(H,23,27)(H,20,21,26). The van der Waals surface area contributed by atoms with E-state index in [4.69, 9.17) is 4.42 Å². The molecule has 4 rings (SSSR count). The van der Waals surface area contributed by atoms with Crippen LogP contribution in [0.5, 0.6) is 0 Å². The largest absolute Gasteiger partial charge is 0.451 e. The first-order valence-electron chi connectivity index (χ1n) is 8.70. The maximum atomic E-state index is 12.4. The van der Waals surface area contributed by atoms with Gasteiger partial charge in [-0.15, -0.1) is 11.3 Å². The number of aryl methyl sites for hydroxylation is 1.